The van der Waals surface area contributed by atoms with Crippen LogP contribution in [0.4, 0.5) is 0 Å². The zero-order valence-corrected chi connectivity index (χ0v) is 10.2. The molecule has 0 fully saturated rings. The molecule has 0 unspecified atom stereocenters. The van der Waals surface area contributed by atoms with Gasteiger partial charge in [-0.15, -0.1) is 0 Å². The van der Waals surface area contributed by atoms with Crippen LogP contribution >= 0.6 is 0 Å². The van der Waals surface area contributed by atoms with Crippen LogP contribution in [-0.4, -0.2) is 25.7 Å². The maximum Gasteiger partial charge on any atom is 0.333 e. The van der Waals surface area contributed by atoms with Gasteiger partial charge in [0.15, 0.2) is 0 Å². The molecule has 0 amide bonds. The lowest BCUT2D eigenvalue weighted by Gasteiger charge is -2.01. The number of methoxy groups -OCH3 is 1. The molecule has 0 rings (SSSR count). The third-order valence-electron chi connectivity index (χ3n) is 1.45. The summed E-state index contributed by atoms with van der Waals surface area (Å²) in [6.45, 7) is 10.8. The van der Waals surface area contributed by atoms with E-state index >= 15 is 0 Å². The van der Waals surface area contributed by atoms with Gasteiger partial charge in [0.25, 0.3) is 0 Å². The van der Waals surface area contributed by atoms with E-state index in [0.29, 0.717) is 12.2 Å². The molecule has 0 aliphatic rings. The second-order valence-electron chi connectivity index (χ2n) is 3.00. The van der Waals surface area contributed by atoms with Crippen molar-refractivity contribution >= 4 is 11.9 Å². The van der Waals surface area contributed by atoms with Gasteiger partial charge < -0.3 is 9.47 Å². The van der Waals surface area contributed by atoms with Crippen LogP contribution in [0.25, 0.3) is 0 Å². The highest BCUT2D eigenvalue weighted by Crippen LogP contribution is 1.94. The van der Waals surface area contributed by atoms with Gasteiger partial charge in [-0.25, -0.2) is 9.59 Å². The quantitative estimate of drug-likeness (QED) is 0.411. The minimum absolute atomic E-state index is 0.284. The Morgan fingerprint density at radius 2 is 1.94 bits per heavy atom. The Hall–Kier alpha value is -1.58. The topological polar surface area (TPSA) is 52.6 Å². The Labute approximate surface area is 96.9 Å². The van der Waals surface area contributed by atoms with Crippen molar-refractivity contribution < 1.29 is 19.1 Å². The molecule has 0 N–H and O–H groups in total. The number of carbonyl (C=O) groups excluding carboxylic acids is 2. The standard InChI is InChI=1S/C8H14O2.C4H6O2/c1-4-5-6-10-8(9)7(2)3;1-3-4(5)6-2/h2,4-6H2,1,3H3;3H,1H2,2H3. The van der Waals surface area contributed by atoms with Crippen LogP contribution in [-0.2, 0) is 19.1 Å². The Balaban J connectivity index is 0. The molecule has 92 valence electrons. The van der Waals surface area contributed by atoms with Gasteiger partial charge in [-0.1, -0.05) is 26.5 Å². The van der Waals surface area contributed by atoms with Crippen LogP contribution in [0.3, 0.4) is 0 Å². The molecule has 0 saturated heterocycles. The van der Waals surface area contributed by atoms with Crippen LogP contribution < -0.4 is 0 Å². The fourth-order valence-electron chi connectivity index (χ4n) is 0.516. The summed E-state index contributed by atoms with van der Waals surface area (Å²) in [6.07, 6.45) is 3.09. The first kappa shape index (κ1) is 16.8. The summed E-state index contributed by atoms with van der Waals surface area (Å²) in [4.78, 5) is 20.5. The Morgan fingerprint density at radius 3 is 2.19 bits per heavy atom. The molecule has 0 aromatic carbocycles. The highest BCUT2D eigenvalue weighted by atomic mass is 16.5. The predicted molar refractivity (Wildman–Crippen MR) is 62.9 cm³/mol. The van der Waals surface area contributed by atoms with E-state index in [1.54, 1.807) is 6.92 Å². The van der Waals surface area contributed by atoms with Crippen molar-refractivity contribution in [1.29, 1.82) is 0 Å². The van der Waals surface area contributed by atoms with Gasteiger partial charge in [-0.05, 0) is 13.3 Å². The van der Waals surface area contributed by atoms with Gasteiger partial charge in [-0.2, -0.15) is 0 Å². The van der Waals surface area contributed by atoms with Crippen molar-refractivity contribution in [3.8, 4) is 0 Å². The van der Waals surface area contributed by atoms with Gasteiger partial charge >= 0.3 is 11.9 Å². The first-order valence-electron chi connectivity index (χ1n) is 5.02. The average molecular weight is 228 g/mol. The van der Waals surface area contributed by atoms with Crippen LogP contribution in [0.1, 0.15) is 26.7 Å². The number of rotatable bonds is 5. The number of esters is 2. The smallest absolute Gasteiger partial charge is 0.333 e. The Morgan fingerprint density at radius 1 is 1.38 bits per heavy atom. The third-order valence-corrected chi connectivity index (χ3v) is 1.45. The van der Waals surface area contributed by atoms with Crippen LogP contribution in [0.15, 0.2) is 24.8 Å². The molecule has 0 saturated carbocycles. The number of hydrogen-bond acceptors (Lipinski definition) is 4. The molecule has 0 aliphatic heterocycles. The van der Waals surface area contributed by atoms with Crippen molar-refractivity contribution in [1.82, 2.24) is 0 Å². The van der Waals surface area contributed by atoms with E-state index < -0.39 is 5.97 Å². The van der Waals surface area contributed by atoms with Gasteiger partial charge in [-0.3, -0.25) is 0 Å². The molecule has 0 aromatic rings. The number of hydrogen-bond donors (Lipinski definition) is 0. The summed E-state index contributed by atoms with van der Waals surface area (Å²) in [5, 5.41) is 0. The molecule has 0 bridgehead atoms. The molecule has 0 radical (unpaired) electrons. The van der Waals surface area contributed by atoms with E-state index in [2.05, 4.69) is 24.8 Å². The lowest BCUT2D eigenvalue weighted by Crippen LogP contribution is -2.05. The third kappa shape index (κ3) is 12.4. The molecule has 0 aromatic heterocycles. The zero-order chi connectivity index (χ0) is 13.0. The summed E-state index contributed by atoms with van der Waals surface area (Å²) in [5.74, 6) is -0.677. The van der Waals surface area contributed by atoms with Crippen molar-refractivity contribution in [2.75, 3.05) is 13.7 Å². The number of unbranched alkanes of at least 4 members (excludes halogenated alkanes) is 1. The highest BCUT2D eigenvalue weighted by Gasteiger charge is 2.00. The van der Waals surface area contributed by atoms with Crippen LogP contribution in [0, 0.1) is 0 Å². The van der Waals surface area contributed by atoms with E-state index in [1.165, 1.54) is 7.11 Å². The molecule has 0 atom stereocenters. The molecule has 4 heteroatoms. The summed E-state index contributed by atoms with van der Waals surface area (Å²) < 4.78 is 8.95. The SMILES string of the molecule is C=C(C)C(=O)OCCCC.C=CC(=O)OC. The summed E-state index contributed by atoms with van der Waals surface area (Å²) >= 11 is 0. The van der Waals surface area contributed by atoms with Crippen molar-refractivity contribution in [3.63, 3.8) is 0 Å². The summed E-state index contributed by atoms with van der Waals surface area (Å²) in [6, 6.07) is 0. The van der Waals surface area contributed by atoms with E-state index in [4.69, 9.17) is 4.74 Å². The molecule has 4 nitrogen and oxygen atoms in total. The van der Waals surface area contributed by atoms with E-state index in [1.807, 2.05) is 0 Å². The lowest BCUT2D eigenvalue weighted by atomic mass is 10.3. The molecule has 16 heavy (non-hydrogen) atoms. The van der Waals surface area contributed by atoms with Crippen molar-refractivity contribution in [2.24, 2.45) is 0 Å². The number of carbonyl (C=O) groups is 2. The molecular weight excluding hydrogens is 208 g/mol. The Bertz CT molecular complexity index is 243. The van der Waals surface area contributed by atoms with E-state index in [0.717, 1.165) is 18.9 Å². The van der Waals surface area contributed by atoms with Crippen LogP contribution in [0.5, 0.6) is 0 Å². The van der Waals surface area contributed by atoms with Crippen molar-refractivity contribution in [2.45, 2.75) is 26.7 Å². The lowest BCUT2D eigenvalue weighted by molar-refractivity contribution is -0.139. The van der Waals surface area contributed by atoms with Crippen molar-refractivity contribution in [3.05, 3.63) is 24.8 Å². The zero-order valence-electron chi connectivity index (χ0n) is 10.2. The first-order valence-corrected chi connectivity index (χ1v) is 5.02. The van der Waals surface area contributed by atoms with Gasteiger partial charge in [0.05, 0.1) is 13.7 Å². The largest absolute Gasteiger partial charge is 0.466 e. The fourth-order valence-corrected chi connectivity index (χ4v) is 0.516. The molecular formula is C12H20O4. The number of ether oxygens (including phenoxy) is 2. The normalized spacial score (nSPS) is 8.19. The molecule has 0 aliphatic carbocycles. The predicted octanol–water partition coefficient (Wildman–Crippen LogP) is 2.25. The molecule has 0 spiro atoms. The maximum absolute atomic E-state index is 10.7. The second-order valence-corrected chi connectivity index (χ2v) is 3.00. The minimum Gasteiger partial charge on any atom is -0.466 e. The average Bonchev–Trinajstić information content (AvgIpc) is 2.28. The Kier molecular flexibility index (Phi) is 12.1. The van der Waals surface area contributed by atoms with Gasteiger partial charge in [0.2, 0.25) is 0 Å². The maximum atomic E-state index is 10.7. The van der Waals surface area contributed by atoms with Crippen LogP contribution in [0.2, 0.25) is 0 Å². The summed E-state index contributed by atoms with van der Waals surface area (Å²) in [5.41, 5.74) is 0.469. The van der Waals surface area contributed by atoms with Gasteiger partial charge in [0, 0.05) is 11.6 Å². The summed E-state index contributed by atoms with van der Waals surface area (Å²) in [7, 11) is 1.31. The van der Waals surface area contributed by atoms with E-state index in [-0.39, 0.29) is 5.97 Å². The minimum atomic E-state index is -0.394. The fraction of sp³-hybridized carbons (Fsp3) is 0.500. The van der Waals surface area contributed by atoms with Gasteiger partial charge in [0.1, 0.15) is 0 Å². The second kappa shape index (κ2) is 11.5. The van der Waals surface area contributed by atoms with E-state index in [9.17, 15) is 9.59 Å². The first-order chi connectivity index (χ1) is 7.49. The monoisotopic (exact) mass is 228 g/mol. The highest BCUT2D eigenvalue weighted by molar-refractivity contribution is 5.86. The molecule has 0 heterocycles.